The normalized spacial score (nSPS) is 16.8. The Hall–Kier alpha value is -1.33. The molecule has 114 valence electrons. The first-order chi connectivity index (χ1) is 9.99. The fraction of sp³-hybridized carbons (Fsp3) is 0.438. The number of carbonyl (C=O) groups excluding carboxylic acids is 1. The van der Waals surface area contributed by atoms with Gasteiger partial charge in [-0.15, -0.1) is 6.58 Å². The van der Waals surface area contributed by atoms with Crippen molar-refractivity contribution in [3.63, 3.8) is 0 Å². The molecule has 0 saturated heterocycles. The average Bonchev–Trinajstić information content (AvgIpc) is 2.72. The van der Waals surface area contributed by atoms with Crippen molar-refractivity contribution >= 4 is 33.2 Å². The summed E-state index contributed by atoms with van der Waals surface area (Å²) < 4.78 is 0.996. The van der Waals surface area contributed by atoms with E-state index in [4.69, 9.17) is 0 Å². The minimum atomic E-state index is -0.262. The minimum Gasteiger partial charge on any atom is -0.364 e. The van der Waals surface area contributed by atoms with E-state index in [1.54, 1.807) is 0 Å². The van der Waals surface area contributed by atoms with Crippen LogP contribution in [0.2, 0.25) is 0 Å². The van der Waals surface area contributed by atoms with E-state index in [-0.39, 0.29) is 11.9 Å². The molecule has 21 heavy (non-hydrogen) atoms. The van der Waals surface area contributed by atoms with Crippen LogP contribution in [0.5, 0.6) is 0 Å². The highest BCUT2D eigenvalue weighted by Gasteiger charge is 2.31. The second-order valence-corrected chi connectivity index (χ2v) is 6.26. The van der Waals surface area contributed by atoms with Gasteiger partial charge in [-0.2, -0.15) is 0 Å². The number of carbonyl (C=O) groups is 1. The number of anilines is 2. The smallest absolute Gasteiger partial charge is 0.246 e. The molecule has 0 aromatic heterocycles. The lowest BCUT2D eigenvalue weighted by Crippen LogP contribution is -2.31. The molecule has 1 aromatic carbocycles. The molecule has 1 heterocycles. The zero-order chi connectivity index (χ0) is 15.6. The molecular formula is C16H22BrN3O. The third-order valence-electron chi connectivity index (χ3n) is 3.62. The van der Waals surface area contributed by atoms with Gasteiger partial charge < -0.3 is 15.5 Å². The topological polar surface area (TPSA) is 44.4 Å². The Balaban J connectivity index is 2.42. The first-order valence-corrected chi connectivity index (χ1v) is 8.04. The van der Waals surface area contributed by atoms with Crippen molar-refractivity contribution in [2.45, 2.75) is 32.9 Å². The van der Waals surface area contributed by atoms with E-state index in [1.807, 2.05) is 25.1 Å². The van der Waals surface area contributed by atoms with Crippen molar-refractivity contribution in [2.24, 2.45) is 0 Å². The van der Waals surface area contributed by atoms with Gasteiger partial charge in [-0.05, 0) is 48.5 Å². The summed E-state index contributed by atoms with van der Waals surface area (Å²) in [7, 11) is 0. The van der Waals surface area contributed by atoms with Gasteiger partial charge in [-0.25, -0.2) is 0 Å². The van der Waals surface area contributed by atoms with Gasteiger partial charge in [0, 0.05) is 28.3 Å². The van der Waals surface area contributed by atoms with Gasteiger partial charge in [-0.1, -0.05) is 13.0 Å². The Bertz CT molecular complexity index is 557. The van der Waals surface area contributed by atoms with E-state index in [2.05, 4.69) is 51.9 Å². The van der Waals surface area contributed by atoms with Crippen LogP contribution >= 0.6 is 15.9 Å². The lowest BCUT2D eigenvalue weighted by Gasteiger charge is -2.29. The van der Waals surface area contributed by atoms with Gasteiger partial charge in [0.2, 0.25) is 5.91 Å². The summed E-state index contributed by atoms with van der Waals surface area (Å²) >= 11 is 3.64. The minimum absolute atomic E-state index is 0.00992. The summed E-state index contributed by atoms with van der Waals surface area (Å²) in [5, 5.41) is 6.17. The molecule has 1 amide bonds. The number of nitrogens with one attached hydrogen (secondary N) is 2. The maximum Gasteiger partial charge on any atom is 0.246 e. The first kappa shape index (κ1) is 16.0. The quantitative estimate of drug-likeness (QED) is 0.771. The van der Waals surface area contributed by atoms with E-state index in [1.165, 1.54) is 0 Å². The summed E-state index contributed by atoms with van der Waals surface area (Å²) in [4.78, 5) is 14.3. The number of hydrogen-bond donors (Lipinski definition) is 2. The molecule has 0 spiro atoms. The fourth-order valence-electron chi connectivity index (χ4n) is 2.62. The summed E-state index contributed by atoms with van der Waals surface area (Å²) in [6, 6.07) is 4.16. The Kier molecular flexibility index (Phi) is 5.06. The van der Waals surface area contributed by atoms with Gasteiger partial charge in [0.15, 0.2) is 0 Å². The zero-order valence-corrected chi connectivity index (χ0v) is 14.3. The highest BCUT2D eigenvalue weighted by molar-refractivity contribution is 9.10. The van der Waals surface area contributed by atoms with Crippen molar-refractivity contribution in [3.8, 4) is 0 Å². The lowest BCUT2D eigenvalue weighted by atomic mass is 10.1. The van der Waals surface area contributed by atoms with Crippen molar-refractivity contribution in [2.75, 3.05) is 23.3 Å². The number of halogens is 1. The van der Waals surface area contributed by atoms with Gasteiger partial charge in [0.25, 0.3) is 0 Å². The summed E-state index contributed by atoms with van der Waals surface area (Å²) in [5.74, 6) is 0.00992. The molecular weight excluding hydrogens is 330 g/mol. The van der Waals surface area contributed by atoms with Gasteiger partial charge in [0.1, 0.15) is 6.04 Å². The fourth-order valence-corrected chi connectivity index (χ4v) is 3.21. The van der Waals surface area contributed by atoms with E-state index in [0.29, 0.717) is 6.04 Å². The summed E-state index contributed by atoms with van der Waals surface area (Å²) in [6.07, 6.45) is 1.89. The number of rotatable bonds is 6. The second-order valence-electron chi connectivity index (χ2n) is 5.41. The second kappa shape index (κ2) is 6.62. The molecule has 0 fully saturated rings. The van der Waals surface area contributed by atoms with E-state index in [0.717, 1.165) is 34.5 Å². The molecule has 0 bridgehead atoms. The van der Waals surface area contributed by atoms with E-state index < -0.39 is 0 Å². The van der Waals surface area contributed by atoms with Crippen LogP contribution in [0.15, 0.2) is 29.3 Å². The first-order valence-electron chi connectivity index (χ1n) is 7.24. The zero-order valence-electron chi connectivity index (χ0n) is 12.7. The summed E-state index contributed by atoms with van der Waals surface area (Å²) in [6.45, 7) is 11.6. The van der Waals surface area contributed by atoms with E-state index >= 15 is 0 Å². The highest BCUT2D eigenvalue weighted by Crippen LogP contribution is 2.39. The van der Waals surface area contributed by atoms with Gasteiger partial charge in [-0.3, -0.25) is 4.79 Å². The molecule has 1 aliphatic rings. The highest BCUT2D eigenvalue weighted by atomic mass is 79.9. The molecule has 1 atom stereocenters. The molecule has 4 nitrogen and oxygen atoms in total. The molecule has 2 rings (SSSR count). The number of nitrogens with zero attached hydrogens (tertiary/aromatic N) is 1. The van der Waals surface area contributed by atoms with Crippen LogP contribution in [-0.2, 0) is 4.79 Å². The maximum absolute atomic E-state index is 12.1. The number of likely N-dealkylation sites (N-methyl/N-ethyl adjacent to an activating group) is 1. The molecule has 1 unspecified atom stereocenters. The Morgan fingerprint density at radius 3 is 2.81 bits per heavy atom. The van der Waals surface area contributed by atoms with Crippen molar-refractivity contribution in [3.05, 3.63) is 34.8 Å². The van der Waals surface area contributed by atoms with Crippen LogP contribution in [0.25, 0.3) is 0 Å². The SMILES string of the molecule is C=CCN(c1cc2c(cc1Br)C(NCC)C(=O)N2)C(C)C. The molecule has 2 N–H and O–H groups in total. The molecule has 0 radical (unpaired) electrons. The third kappa shape index (κ3) is 3.14. The molecule has 5 heteroatoms. The van der Waals surface area contributed by atoms with Gasteiger partial charge in [0.05, 0.1) is 5.69 Å². The Labute approximate surface area is 134 Å². The lowest BCUT2D eigenvalue weighted by molar-refractivity contribution is -0.117. The molecule has 0 aliphatic carbocycles. The van der Waals surface area contributed by atoms with Crippen molar-refractivity contribution < 1.29 is 4.79 Å². The monoisotopic (exact) mass is 351 g/mol. The predicted molar refractivity (Wildman–Crippen MR) is 91.9 cm³/mol. The van der Waals surface area contributed by atoms with Crippen molar-refractivity contribution in [1.82, 2.24) is 5.32 Å². The number of benzene rings is 1. The predicted octanol–water partition coefficient (Wildman–Crippen LogP) is 3.45. The largest absolute Gasteiger partial charge is 0.364 e. The maximum atomic E-state index is 12.1. The van der Waals surface area contributed by atoms with Crippen LogP contribution < -0.4 is 15.5 Å². The van der Waals surface area contributed by atoms with Crippen LogP contribution in [0.1, 0.15) is 32.4 Å². The Morgan fingerprint density at radius 2 is 2.24 bits per heavy atom. The summed E-state index contributed by atoms with van der Waals surface area (Å²) in [5.41, 5.74) is 2.96. The molecule has 1 aliphatic heterocycles. The molecule has 0 saturated carbocycles. The van der Waals surface area contributed by atoms with E-state index in [9.17, 15) is 4.79 Å². The van der Waals surface area contributed by atoms with Crippen LogP contribution in [0, 0.1) is 0 Å². The number of fused-ring (bicyclic) bond motifs is 1. The Morgan fingerprint density at radius 1 is 1.52 bits per heavy atom. The third-order valence-corrected chi connectivity index (χ3v) is 4.25. The number of amides is 1. The van der Waals surface area contributed by atoms with Crippen LogP contribution in [0.4, 0.5) is 11.4 Å². The van der Waals surface area contributed by atoms with Gasteiger partial charge >= 0.3 is 0 Å². The average molecular weight is 352 g/mol. The standard InChI is InChI=1S/C16H22BrN3O/c1-5-7-20(10(3)4)14-9-13-11(8-12(14)17)15(18-6-2)16(21)19-13/h5,8-10,15,18H,1,6-7H2,2-4H3,(H,19,21). The van der Waals surface area contributed by atoms with Crippen molar-refractivity contribution in [1.29, 1.82) is 0 Å². The molecule has 1 aromatic rings. The number of hydrogen-bond acceptors (Lipinski definition) is 3. The van der Waals surface area contributed by atoms with Crippen LogP contribution in [-0.4, -0.2) is 25.0 Å². The van der Waals surface area contributed by atoms with Crippen LogP contribution in [0.3, 0.4) is 0 Å².